The number of halogens is 1. The van der Waals surface area contributed by atoms with Gasteiger partial charge in [-0.1, -0.05) is 22.0 Å². The second-order valence-corrected chi connectivity index (χ2v) is 6.32. The molecule has 0 atom stereocenters. The molecule has 0 aliphatic rings. The van der Waals surface area contributed by atoms with Crippen LogP contribution in [0.4, 0.5) is 5.69 Å². The van der Waals surface area contributed by atoms with Gasteiger partial charge in [-0.3, -0.25) is 4.72 Å². The molecule has 1 heterocycles. The van der Waals surface area contributed by atoms with Gasteiger partial charge in [-0.2, -0.15) is 8.75 Å². The SMILES string of the molecule is O=S(=O)(CBr)Nc1cccc2nsnc12. The van der Waals surface area contributed by atoms with Crippen LogP contribution in [0.5, 0.6) is 0 Å². The van der Waals surface area contributed by atoms with Crippen LogP contribution in [-0.2, 0) is 10.0 Å². The Morgan fingerprint density at radius 3 is 2.93 bits per heavy atom. The average Bonchev–Trinajstić information content (AvgIpc) is 2.66. The van der Waals surface area contributed by atoms with Crippen molar-refractivity contribution in [2.24, 2.45) is 0 Å². The van der Waals surface area contributed by atoms with Crippen LogP contribution >= 0.6 is 27.7 Å². The monoisotopic (exact) mass is 307 g/mol. The number of nitrogens with one attached hydrogen (secondary N) is 1. The quantitative estimate of drug-likeness (QED) is 0.877. The summed E-state index contributed by atoms with van der Waals surface area (Å²) in [5.74, 6) is 0. The lowest BCUT2D eigenvalue weighted by Gasteiger charge is -2.04. The first kappa shape index (κ1) is 10.8. The molecule has 1 N–H and O–H groups in total. The lowest BCUT2D eigenvalue weighted by atomic mass is 10.3. The summed E-state index contributed by atoms with van der Waals surface area (Å²) in [7, 11) is -3.34. The van der Waals surface area contributed by atoms with Gasteiger partial charge in [-0.25, -0.2) is 8.42 Å². The van der Waals surface area contributed by atoms with Crippen molar-refractivity contribution in [1.29, 1.82) is 0 Å². The van der Waals surface area contributed by atoms with Gasteiger partial charge in [0, 0.05) is 0 Å². The third kappa shape index (κ3) is 2.27. The average molecular weight is 308 g/mol. The zero-order chi connectivity index (χ0) is 10.9. The van der Waals surface area contributed by atoms with Gasteiger partial charge in [0.15, 0.2) is 0 Å². The Morgan fingerprint density at radius 2 is 2.20 bits per heavy atom. The Morgan fingerprint density at radius 1 is 1.40 bits per heavy atom. The summed E-state index contributed by atoms with van der Waals surface area (Å²) in [5, 5.41) is 0. The summed E-state index contributed by atoms with van der Waals surface area (Å²) in [6.07, 6.45) is 0. The van der Waals surface area contributed by atoms with Gasteiger partial charge in [-0.15, -0.1) is 0 Å². The Bertz CT molecular complexity index is 581. The van der Waals surface area contributed by atoms with Crippen LogP contribution in [0, 0.1) is 0 Å². The van der Waals surface area contributed by atoms with Crippen molar-refractivity contribution >= 4 is 54.4 Å². The zero-order valence-electron chi connectivity index (χ0n) is 7.34. The Kier molecular flexibility index (Phi) is 2.89. The van der Waals surface area contributed by atoms with E-state index in [4.69, 9.17) is 0 Å². The second kappa shape index (κ2) is 4.03. The minimum absolute atomic E-state index is 0.145. The standard InChI is InChI=1S/C7H6BrN3O2S2/c8-4-15(12,13)11-6-3-1-2-5-7(6)10-14-9-5/h1-3,11H,4H2. The Hall–Kier alpha value is -0.730. The summed E-state index contributed by atoms with van der Waals surface area (Å²) in [6.45, 7) is 0. The predicted octanol–water partition coefficient (Wildman–Crippen LogP) is 1.79. The number of anilines is 1. The normalized spacial score (nSPS) is 11.8. The van der Waals surface area contributed by atoms with Crippen molar-refractivity contribution < 1.29 is 8.42 Å². The first-order valence-electron chi connectivity index (χ1n) is 3.90. The third-order valence-electron chi connectivity index (χ3n) is 1.70. The molecular formula is C7H6BrN3O2S2. The molecule has 0 saturated carbocycles. The molecule has 1 aromatic heterocycles. The lowest BCUT2D eigenvalue weighted by Crippen LogP contribution is -2.13. The number of hydrogen-bond acceptors (Lipinski definition) is 5. The van der Waals surface area contributed by atoms with Gasteiger partial charge in [0.1, 0.15) is 15.7 Å². The molecule has 1 aromatic carbocycles. The summed E-state index contributed by atoms with van der Waals surface area (Å²) in [4.78, 5) is 0. The molecule has 8 heteroatoms. The molecule has 0 amide bonds. The highest BCUT2D eigenvalue weighted by Crippen LogP contribution is 2.22. The van der Waals surface area contributed by atoms with Crippen LogP contribution in [0.2, 0.25) is 0 Å². The number of hydrogen-bond donors (Lipinski definition) is 1. The predicted molar refractivity (Wildman–Crippen MR) is 63.8 cm³/mol. The highest BCUT2D eigenvalue weighted by Gasteiger charge is 2.11. The van der Waals surface area contributed by atoms with E-state index in [-0.39, 0.29) is 4.66 Å². The molecule has 0 aliphatic carbocycles. The van der Waals surface area contributed by atoms with Crippen LogP contribution in [0.3, 0.4) is 0 Å². The molecule has 80 valence electrons. The maximum absolute atomic E-state index is 11.3. The number of fused-ring (bicyclic) bond motifs is 1. The van der Waals surface area contributed by atoms with Gasteiger partial charge < -0.3 is 0 Å². The van der Waals surface area contributed by atoms with E-state index in [1.165, 1.54) is 0 Å². The minimum Gasteiger partial charge on any atom is -0.281 e. The smallest absolute Gasteiger partial charge is 0.242 e. The van der Waals surface area contributed by atoms with Crippen LogP contribution in [0.1, 0.15) is 0 Å². The van der Waals surface area contributed by atoms with Crippen LogP contribution in [0.15, 0.2) is 18.2 Å². The molecule has 0 fully saturated rings. The number of nitrogens with zero attached hydrogens (tertiary/aromatic N) is 2. The number of alkyl halides is 1. The molecule has 0 aliphatic heterocycles. The largest absolute Gasteiger partial charge is 0.281 e. The van der Waals surface area contributed by atoms with Gasteiger partial charge >= 0.3 is 0 Å². The van der Waals surface area contributed by atoms with Crippen molar-refractivity contribution in [3.8, 4) is 0 Å². The molecule has 0 saturated heterocycles. The van der Waals surface area contributed by atoms with Crippen molar-refractivity contribution in [1.82, 2.24) is 8.75 Å². The van der Waals surface area contributed by atoms with E-state index in [0.29, 0.717) is 16.7 Å². The highest BCUT2D eigenvalue weighted by atomic mass is 79.9. The Balaban J connectivity index is 2.48. The number of rotatable bonds is 3. The highest BCUT2D eigenvalue weighted by molar-refractivity contribution is 9.10. The minimum atomic E-state index is -3.34. The number of aromatic nitrogens is 2. The fourth-order valence-corrected chi connectivity index (χ4v) is 2.53. The molecule has 5 nitrogen and oxygen atoms in total. The van der Waals surface area contributed by atoms with Crippen LogP contribution in [0.25, 0.3) is 11.0 Å². The zero-order valence-corrected chi connectivity index (χ0v) is 10.6. The van der Waals surface area contributed by atoms with Gasteiger partial charge in [0.05, 0.1) is 17.4 Å². The van der Waals surface area contributed by atoms with Gasteiger partial charge in [-0.05, 0) is 12.1 Å². The fraction of sp³-hybridized carbons (Fsp3) is 0.143. The summed E-state index contributed by atoms with van der Waals surface area (Å²) in [5.41, 5.74) is 1.72. The summed E-state index contributed by atoms with van der Waals surface area (Å²) in [6, 6.07) is 5.17. The first-order valence-corrected chi connectivity index (χ1v) is 7.40. The number of sulfonamides is 1. The van der Waals surface area contributed by atoms with Gasteiger partial charge in [0.25, 0.3) is 0 Å². The van der Waals surface area contributed by atoms with E-state index >= 15 is 0 Å². The van der Waals surface area contributed by atoms with E-state index in [0.717, 1.165) is 11.7 Å². The molecule has 2 rings (SSSR count). The van der Waals surface area contributed by atoms with Crippen molar-refractivity contribution in [3.63, 3.8) is 0 Å². The lowest BCUT2D eigenvalue weighted by molar-refractivity contribution is 0.606. The second-order valence-electron chi connectivity index (χ2n) is 2.76. The fourth-order valence-electron chi connectivity index (χ4n) is 1.08. The third-order valence-corrected chi connectivity index (χ3v) is 4.86. The molecular weight excluding hydrogens is 302 g/mol. The summed E-state index contributed by atoms with van der Waals surface area (Å²) < 4.78 is 33.0. The van der Waals surface area contributed by atoms with Crippen molar-refractivity contribution in [2.45, 2.75) is 0 Å². The van der Waals surface area contributed by atoms with E-state index < -0.39 is 10.0 Å². The van der Waals surface area contributed by atoms with Gasteiger partial charge in [0.2, 0.25) is 10.0 Å². The van der Waals surface area contributed by atoms with Crippen LogP contribution < -0.4 is 4.72 Å². The van der Waals surface area contributed by atoms with Crippen molar-refractivity contribution in [2.75, 3.05) is 9.38 Å². The molecule has 0 spiro atoms. The first-order chi connectivity index (χ1) is 7.12. The van der Waals surface area contributed by atoms with E-state index in [9.17, 15) is 8.42 Å². The molecule has 2 aromatic rings. The Labute approximate surface area is 99.0 Å². The van der Waals surface area contributed by atoms with E-state index in [2.05, 4.69) is 29.4 Å². The molecule has 15 heavy (non-hydrogen) atoms. The van der Waals surface area contributed by atoms with E-state index in [1.807, 2.05) is 0 Å². The maximum atomic E-state index is 11.3. The molecule has 0 radical (unpaired) electrons. The van der Waals surface area contributed by atoms with Crippen molar-refractivity contribution in [3.05, 3.63) is 18.2 Å². The summed E-state index contributed by atoms with van der Waals surface area (Å²) >= 11 is 3.95. The topological polar surface area (TPSA) is 72.0 Å². The molecule has 0 bridgehead atoms. The van der Waals surface area contributed by atoms with Crippen LogP contribution in [-0.4, -0.2) is 21.8 Å². The molecule has 0 unspecified atom stereocenters. The maximum Gasteiger partial charge on any atom is 0.242 e. The number of benzene rings is 1. The van der Waals surface area contributed by atoms with E-state index in [1.54, 1.807) is 18.2 Å².